The van der Waals surface area contributed by atoms with Crippen LogP contribution in [0, 0.1) is 12.8 Å². The molecule has 1 amide bonds. The van der Waals surface area contributed by atoms with Gasteiger partial charge in [-0.2, -0.15) is 0 Å². The number of piperidine rings is 1. The summed E-state index contributed by atoms with van der Waals surface area (Å²) in [7, 11) is 1.64. The summed E-state index contributed by atoms with van der Waals surface area (Å²) in [6.45, 7) is 3.91. The van der Waals surface area contributed by atoms with Crippen molar-refractivity contribution in [3.05, 3.63) is 34.8 Å². The third-order valence-corrected chi connectivity index (χ3v) is 4.99. The number of hydrogen-bond acceptors (Lipinski definition) is 6. The average molecular weight is 347 g/mol. The maximum absolute atomic E-state index is 12.6. The van der Waals surface area contributed by atoms with Crippen molar-refractivity contribution in [2.45, 2.75) is 19.8 Å². The molecule has 2 heterocycles. The van der Waals surface area contributed by atoms with E-state index >= 15 is 0 Å². The minimum Gasteiger partial charge on any atom is -0.497 e. The molecular formula is C17H21N3O3S. The van der Waals surface area contributed by atoms with Crippen LogP contribution in [0.5, 0.6) is 11.5 Å². The fourth-order valence-corrected chi connectivity index (χ4v) is 3.49. The number of hydrogen-bond donors (Lipinski definition) is 0. The molecule has 2 aromatic rings. The highest BCUT2D eigenvalue weighted by Gasteiger charge is 2.27. The van der Waals surface area contributed by atoms with Gasteiger partial charge in [-0.15, -0.1) is 5.10 Å². The molecular weight excluding hydrogens is 326 g/mol. The summed E-state index contributed by atoms with van der Waals surface area (Å²) < 4.78 is 15.0. The number of amides is 1. The van der Waals surface area contributed by atoms with Crippen LogP contribution in [0.3, 0.4) is 0 Å². The topological polar surface area (TPSA) is 64.6 Å². The molecule has 0 spiro atoms. The molecule has 128 valence electrons. The number of carbonyl (C=O) groups excluding carboxylic acids is 1. The van der Waals surface area contributed by atoms with Crippen LogP contribution in [0.2, 0.25) is 0 Å². The Hall–Kier alpha value is -2.15. The Morgan fingerprint density at radius 2 is 2.25 bits per heavy atom. The molecule has 0 radical (unpaired) electrons. The molecule has 1 saturated heterocycles. The molecule has 24 heavy (non-hydrogen) atoms. The summed E-state index contributed by atoms with van der Waals surface area (Å²) in [5.74, 6) is 1.94. The Labute approximate surface area is 145 Å². The SMILES string of the molecule is COc1cccc(OCC2CCCN(C(=O)c3snnc3C)C2)c1. The van der Waals surface area contributed by atoms with E-state index in [2.05, 4.69) is 9.59 Å². The van der Waals surface area contributed by atoms with E-state index < -0.39 is 0 Å². The molecule has 0 saturated carbocycles. The van der Waals surface area contributed by atoms with Crippen molar-refractivity contribution in [1.82, 2.24) is 14.5 Å². The van der Waals surface area contributed by atoms with Gasteiger partial charge in [0.1, 0.15) is 16.4 Å². The lowest BCUT2D eigenvalue weighted by Gasteiger charge is -2.32. The molecule has 7 heteroatoms. The molecule has 3 rings (SSSR count). The number of aromatic nitrogens is 2. The van der Waals surface area contributed by atoms with Gasteiger partial charge in [-0.3, -0.25) is 4.79 Å². The van der Waals surface area contributed by atoms with E-state index in [-0.39, 0.29) is 5.91 Å². The van der Waals surface area contributed by atoms with Gasteiger partial charge in [0, 0.05) is 25.1 Å². The van der Waals surface area contributed by atoms with Crippen LogP contribution >= 0.6 is 11.5 Å². The van der Waals surface area contributed by atoms with Gasteiger partial charge in [0.15, 0.2) is 0 Å². The summed E-state index contributed by atoms with van der Waals surface area (Å²) in [6, 6.07) is 7.59. The van der Waals surface area contributed by atoms with E-state index in [1.54, 1.807) is 7.11 Å². The standard InChI is InChI=1S/C17H21N3O3S/c1-12-16(24-19-18-12)17(21)20-8-4-5-13(10-20)11-23-15-7-3-6-14(9-15)22-2/h3,6-7,9,13H,4-5,8,10-11H2,1-2H3. The van der Waals surface area contributed by atoms with E-state index in [4.69, 9.17) is 9.47 Å². The van der Waals surface area contributed by atoms with Gasteiger partial charge in [-0.1, -0.05) is 10.6 Å². The molecule has 0 bridgehead atoms. The van der Waals surface area contributed by atoms with E-state index in [0.717, 1.165) is 30.9 Å². The molecule has 1 aromatic heterocycles. The third-order valence-electron chi connectivity index (χ3n) is 4.18. The lowest BCUT2D eigenvalue weighted by atomic mass is 9.98. The fraction of sp³-hybridized carbons (Fsp3) is 0.471. The normalized spacial score (nSPS) is 17.6. The number of nitrogens with zero attached hydrogens (tertiary/aromatic N) is 3. The van der Waals surface area contributed by atoms with Crippen LogP contribution in [0.25, 0.3) is 0 Å². The highest BCUT2D eigenvalue weighted by Crippen LogP contribution is 2.23. The molecule has 1 aliphatic rings. The van der Waals surface area contributed by atoms with Crippen molar-refractivity contribution >= 4 is 17.4 Å². The molecule has 1 unspecified atom stereocenters. The van der Waals surface area contributed by atoms with Crippen LogP contribution in [-0.4, -0.2) is 47.2 Å². The summed E-state index contributed by atoms with van der Waals surface area (Å²) in [5, 5.41) is 3.93. The Balaban J connectivity index is 1.57. The predicted molar refractivity (Wildman–Crippen MR) is 91.8 cm³/mol. The first kappa shape index (κ1) is 16.7. The summed E-state index contributed by atoms with van der Waals surface area (Å²) >= 11 is 1.17. The maximum atomic E-state index is 12.6. The van der Waals surface area contributed by atoms with Crippen molar-refractivity contribution in [2.24, 2.45) is 5.92 Å². The number of ether oxygens (including phenoxy) is 2. The van der Waals surface area contributed by atoms with Gasteiger partial charge in [0.25, 0.3) is 5.91 Å². The van der Waals surface area contributed by atoms with Crippen LogP contribution in [-0.2, 0) is 0 Å². The van der Waals surface area contributed by atoms with Crippen molar-refractivity contribution < 1.29 is 14.3 Å². The van der Waals surface area contributed by atoms with Crippen LogP contribution in [0.4, 0.5) is 0 Å². The zero-order chi connectivity index (χ0) is 16.9. The number of aryl methyl sites for hydroxylation is 1. The highest BCUT2D eigenvalue weighted by molar-refractivity contribution is 7.07. The zero-order valence-electron chi connectivity index (χ0n) is 13.9. The van der Waals surface area contributed by atoms with Gasteiger partial charge < -0.3 is 14.4 Å². The number of methoxy groups -OCH3 is 1. The highest BCUT2D eigenvalue weighted by atomic mass is 32.1. The van der Waals surface area contributed by atoms with Crippen molar-refractivity contribution in [3.63, 3.8) is 0 Å². The fourth-order valence-electron chi connectivity index (χ4n) is 2.86. The molecule has 6 nitrogen and oxygen atoms in total. The van der Waals surface area contributed by atoms with E-state index in [1.165, 1.54) is 11.5 Å². The molecule has 1 aromatic carbocycles. The minimum atomic E-state index is 0.0357. The predicted octanol–water partition coefficient (Wildman–Crippen LogP) is 2.79. The van der Waals surface area contributed by atoms with Crippen LogP contribution in [0.15, 0.2) is 24.3 Å². The summed E-state index contributed by atoms with van der Waals surface area (Å²) in [4.78, 5) is 15.1. The maximum Gasteiger partial charge on any atom is 0.267 e. The molecule has 0 aliphatic carbocycles. The van der Waals surface area contributed by atoms with Gasteiger partial charge in [0.05, 0.1) is 19.4 Å². The molecule has 0 N–H and O–H groups in total. The van der Waals surface area contributed by atoms with Gasteiger partial charge in [-0.25, -0.2) is 0 Å². The Kier molecular flexibility index (Phi) is 5.30. The first-order chi connectivity index (χ1) is 11.7. The van der Waals surface area contributed by atoms with Crippen molar-refractivity contribution in [2.75, 3.05) is 26.8 Å². The number of carbonyl (C=O) groups is 1. The zero-order valence-corrected chi connectivity index (χ0v) is 14.7. The smallest absolute Gasteiger partial charge is 0.267 e. The van der Waals surface area contributed by atoms with E-state index in [1.807, 2.05) is 36.1 Å². The van der Waals surface area contributed by atoms with Crippen LogP contribution < -0.4 is 9.47 Å². The Bertz CT molecular complexity index is 704. The van der Waals surface area contributed by atoms with E-state index in [0.29, 0.717) is 29.6 Å². The Morgan fingerprint density at radius 1 is 1.42 bits per heavy atom. The van der Waals surface area contributed by atoms with Crippen molar-refractivity contribution in [1.29, 1.82) is 0 Å². The van der Waals surface area contributed by atoms with Crippen molar-refractivity contribution in [3.8, 4) is 11.5 Å². The lowest BCUT2D eigenvalue weighted by molar-refractivity contribution is 0.0637. The number of rotatable bonds is 5. The second kappa shape index (κ2) is 7.61. The molecule has 1 aliphatic heterocycles. The average Bonchev–Trinajstić information content (AvgIpc) is 3.05. The summed E-state index contributed by atoms with van der Waals surface area (Å²) in [6.07, 6.45) is 2.05. The molecule has 1 atom stereocenters. The largest absolute Gasteiger partial charge is 0.497 e. The monoisotopic (exact) mass is 347 g/mol. The third kappa shape index (κ3) is 3.84. The second-order valence-electron chi connectivity index (χ2n) is 5.94. The molecule has 1 fully saturated rings. The Morgan fingerprint density at radius 3 is 3.00 bits per heavy atom. The van der Waals surface area contributed by atoms with Crippen LogP contribution in [0.1, 0.15) is 28.2 Å². The number of likely N-dealkylation sites (tertiary alicyclic amines) is 1. The lowest BCUT2D eigenvalue weighted by Crippen LogP contribution is -2.41. The first-order valence-electron chi connectivity index (χ1n) is 8.02. The van der Waals surface area contributed by atoms with Gasteiger partial charge >= 0.3 is 0 Å². The van der Waals surface area contributed by atoms with Gasteiger partial charge in [-0.05, 0) is 43.4 Å². The number of benzene rings is 1. The van der Waals surface area contributed by atoms with E-state index in [9.17, 15) is 4.79 Å². The second-order valence-corrected chi connectivity index (χ2v) is 6.69. The minimum absolute atomic E-state index is 0.0357. The van der Waals surface area contributed by atoms with Gasteiger partial charge in [0.2, 0.25) is 0 Å². The quantitative estimate of drug-likeness (QED) is 0.832. The first-order valence-corrected chi connectivity index (χ1v) is 8.80. The summed E-state index contributed by atoms with van der Waals surface area (Å²) in [5.41, 5.74) is 0.708.